The molecule has 0 saturated carbocycles. The lowest BCUT2D eigenvalue weighted by atomic mass is 9.95. The Balaban J connectivity index is 0.000000309. The summed E-state index contributed by atoms with van der Waals surface area (Å²) >= 11 is 0. The summed E-state index contributed by atoms with van der Waals surface area (Å²) < 4.78 is 0. The van der Waals surface area contributed by atoms with E-state index in [9.17, 15) is 4.79 Å². The number of aliphatic imine (C=N–C) groups is 1. The molecule has 0 fully saturated rings. The number of anilines is 2. The fourth-order valence-electron chi connectivity index (χ4n) is 4.60. The van der Waals surface area contributed by atoms with E-state index in [-0.39, 0.29) is 11.8 Å². The van der Waals surface area contributed by atoms with E-state index >= 15 is 0 Å². The van der Waals surface area contributed by atoms with Gasteiger partial charge in [-0.1, -0.05) is 38.1 Å². The van der Waals surface area contributed by atoms with Gasteiger partial charge in [0.25, 0.3) is 0 Å². The third kappa shape index (κ3) is 10.5. The molecular formula is C33H46N10O. The van der Waals surface area contributed by atoms with Gasteiger partial charge in [-0.25, -0.2) is 5.53 Å². The summed E-state index contributed by atoms with van der Waals surface area (Å²) in [4.78, 5) is 27.0. The summed E-state index contributed by atoms with van der Waals surface area (Å²) in [7, 11) is 3.53. The molecule has 2 aromatic rings. The Hall–Kier alpha value is -4.77. The fraction of sp³-hybridized carbons (Fsp3) is 0.364. The normalized spacial score (nSPS) is 15.1. The first-order chi connectivity index (χ1) is 21.2. The third-order valence-electron chi connectivity index (χ3n) is 7.29. The number of nitrogens with one attached hydrogen (secondary N) is 4. The van der Waals surface area contributed by atoms with Crippen molar-refractivity contribution in [3.8, 4) is 0 Å². The number of amides is 1. The molecule has 11 nitrogen and oxygen atoms in total. The highest BCUT2D eigenvalue weighted by molar-refractivity contribution is 5.92. The van der Waals surface area contributed by atoms with E-state index in [4.69, 9.17) is 16.7 Å². The number of nitrogens with zero attached hydrogens (tertiary/aromatic N) is 5. The summed E-state index contributed by atoms with van der Waals surface area (Å²) in [5.41, 5.74) is 20.7. The molecule has 1 aliphatic rings. The summed E-state index contributed by atoms with van der Waals surface area (Å²) in [6, 6.07) is 5.97. The van der Waals surface area contributed by atoms with Crippen LogP contribution in [0.3, 0.4) is 0 Å². The lowest BCUT2D eigenvalue weighted by Crippen LogP contribution is -2.37. The molecule has 1 amide bonds. The maximum Gasteiger partial charge on any atom is 0.238 e. The number of rotatable bonds is 12. The highest BCUT2D eigenvalue weighted by Crippen LogP contribution is 2.22. The summed E-state index contributed by atoms with van der Waals surface area (Å²) in [5.74, 6) is 0.187. The zero-order valence-corrected chi connectivity index (χ0v) is 26.7. The van der Waals surface area contributed by atoms with Gasteiger partial charge in [-0.05, 0) is 61.4 Å². The molecule has 0 spiro atoms. The van der Waals surface area contributed by atoms with Gasteiger partial charge in [0.1, 0.15) is 5.70 Å². The van der Waals surface area contributed by atoms with Gasteiger partial charge >= 0.3 is 0 Å². The molecule has 0 bridgehead atoms. The molecule has 2 aromatic heterocycles. The second-order valence-electron chi connectivity index (χ2n) is 10.2. The van der Waals surface area contributed by atoms with Crippen LogP contribution in [0.15, 0.2) is 87.5 Å². The molecular weight excluding hydrogens is 552 g/mol. The minimum atomic E-state index is -0.0305. The van der Waals surface area contributed by atoms with Gasteiger partial charge in [-0.15, -0.1) is 0 Å². The highest BCUT2D eigenvalue weighted by atomic mass is 16.2. The van der Waals surface area contributed by atoms with Crippen LogP contribution >= 0.6 is 0 Å². The van der Waals surface area contributed by atoms with E-state index in [0.717, 1.165) is 65.9 Å². The quantitative estimate of drug-likeness (QED) is 0.117. The number of allylic oxidation sites excluding steroid dienone is 7. The van der Waals surface area contributed by atoms with Crippen molar-refractivity contribution in [3.05, 3.63) is 94.4 Å². The second kappa shape index (κ2) is 18.7. The Morgan fingerprint density at radius 1 is 1.27 bits per heavy atom. The first-order valence-corrected chi connectivity index (χ1v) is 14.6. The minimum Gasteiger partial charge on any atom is -0.404 e. The van der Waals surface area contributed by atoms with Gasteiger partial charge in [0.15, 0.2) is 0 Å². The third-order valence-corrected chi connectivity index (χ3v) is 7.29. The number of nitrogens with two attached hydrogens (primary N) is 1. The standard InChI is InChI=1S/C17H21N5O.C16H25N5/c1-12-15(18-2)8-14(9-20-12)21-17(23)11-22-7-5-13-4-3-6-19-16(13)10-22;1-5-12(3)15(16(10-18)21-19)8-7-13(6-2)14(9-17)11-20-4/h3-4,6,8-9,18H,5,7,10-11H2,1-2H3,(H,21,23);6-12,18-19H,5,17H2,1-4H3/b;8-7-,13-6+,14-9+,16-15-,18-10?,20-11?,21-19?. The van der Waals surface area contributed by atoms with Crippen LogP contribution in [0.5, 0.6) is 0 Å². The number of hydrogen-bond acceptors (Lipinski definition) is 10. The molecule has 0 saturated heterocycles. The Morgan fingerprint density at radius 3 is 2.66 bits per heavy atom. The fourth-order valence-corrected chi connectivity index (χ4v) is 4.60. The summed E-state index contributed by atoms with van der Waals surface area (Å²) in [6.07, 6.45) is 15.4. The van der Waals surface area contributed by atoms with E-state index in [1.807, 2.05) is 51.3 Å². The van der Waals surface area contributed by atoms with Crippen LogP contribution in [0.4, 0.5) is 11.4 Å². The van der Waals surface area contributed by atoms with E-state index in [1.165, 1.54) is 11.8 Å². The first-order valence-electron chi connectivity index (χ1n) is 14.6. The predicted octanol–water partition coefficient (Wildman–Crippen LogP) is 5.84. The predicted molar refractivity (Wildman–Crippen MR) is 180 cm³/mol. The maximum absolute atomic E-state index is 12.3. The van der Waals surface area contributed by atoms with Crippen LogP contribution in [-0.2, 0) is 17.8 Å². The highest BCUT2D eigenvalue weighted by Gasteiger charge is 2.19. The van der Waals surface area contributed by atoms with E-state index in [0.29, 0.717) is 17.9 Å². The van der Waals surface area contributed by atoms with Crippen molar-refractivity contribution in [2.24, 2.45) is 21.8 Å². The van der Waals surface area contributed by atoms with Crippen LogP contribution in [0.1, 0.15) is 44.1 Å². The Labute approximate surface area is 261 Å². The SMILES string of the molecule is C/C=C(\C=C/C(=C(\C=N)N=N)C(C)CC)C(/C=NC)=C/N.CNc1cc(NC(=O)CN2CCc3cccnc3C2)cnc1C. The van der Waals surface area contributed by atoms with E-state index in [1.54, 1.807) is 25.7 Å². The average Bonchev–Trinajstić information content (AvgIpc) is 3.04. The largest absolute Gasteiger partial charge is 0.404 e. The van der Waals surface area contributed by atoms with Gasteiger partial charge in [-0.3, -0.25) is 24.7 Å². The monoisotopic (exact) mass is 598 g/mol. The van der Waals surface area contributed by atoms with Crippen molar-refractivity contribution in [2.45, 2.75) is 47.1 Å². The molecule has 0 radical (unpaired) electrons. The van der Waals surface area contributed by atoms with Crippen molar-refractivity contribution < 1.29 is 4.79 Å². The van der Waals surface area contributed by atoms with Crippen molar-refractivity contribution >= 4 is 29.7 Å². The molecule has 234 valence electrons. The first kappa shape index (κ1) is 35.4. The Morgan fingerprint density at radius 2 is 2.05 bits per heavy atom. The maximum atomic E-state index is 12.3. The van der Waals surface area contributed by atoms with Gasteiger partial charge in [0.05, 0.1) is 35.5 Å². The number of carbonyl (C=O) groups is 1. The van der Waals surface area contributed by atoms with Crippen molar-refractivity contribution in [3.63, 3.8) is 0 Å². The number of carbonyl (C=O) groups excluding carboxylic acids is 1. The number of aryl methyl sites for hydroxylation is 1. The molecule has 1 aliphatic heterocycles. The Bertz CT molecular complexity index is 1430. The van der Waals surface area contributed by atoms with Crippen molar-refractivity contribution in [2.75, 3.05) is 37.8 Å². The molecule has 3 rings (SSSR count). The molecule has 44 heavy (non-hydrogen) atoms. The topological polar surface area (TPSA) is 169 Å². The van der Waals surface area contributed by atoms with Crippen LogP contribution < -0.4 is 16.4 Å². The molecule has 6 N–H and O–H groups in total. The van der Waals surface area contributed by atoms with E-state index < -0.39 is 0 Å². The molecule has 1 atom stereocenters. The average molecular weight is 599 g/mol. The number of aromatic nitrogens is 2. The summed E-state index contributed by atoms with van der Waals surface area (Å²) in [5, 5.41) is 16.8. The second-order valence-corrected chi connectivity index (χ2v) is 10.2. The zero-order valence-electron chi connectivity index (χ0n) is 26.7. The summed E-state index contributed by atoms with van der Waals surface area (Å²) in [6.45, 7) is 9.92. The molecule has 3 heterocycles. The molecule has 0 aromatic carbocycles. The van der Waals surface area contributed by atoms with Crippen molar-refractivity contribution in [1.29, 1.82) is 10.9 Å². The van der Waals surface area contributed by atoms with Crippen LogP contribution in [0.2, 0.25) is 0 Å². The lowest BCUT2D eigenvalue weighted by Gasteiger charge is -2.27. The van der Waals surface area contributed by atoms with Crippen LogP contribution in [-0.4, -0.2) is 60.4 Å². The lowest BCUT2D eigenvalue weighted by molar-refractivity contribution is -0.117. The number of fused-ring (bicyclic) bond motifs is 1. The minimum absolute atomic E-state index is 0.0305. The van der Waals surface area contributed by atoms with E-state index in [2.05, 4.69) is 55.5 Å². The number of pyridine rings is 2. The molecule has 11 heteroatoms. The van der Waals surface area contributed by atoms with Gasteiger partial charge in [0, 0.05) is 57.6 Å². The Kier molecular flexibility index (Phi) is 15.1. The van der Waals surface area contributed by atoms with Crippen LogP contribution in [0.25, 0.3) is 0 Å². The van der Waals surface area contributed by atoms with Crippen LogP contribution in [0, 0.1) is 23.8 Å². The van der Waals surface area contributed by atoms with Gasteiger partial charge < -0.3 is 21.8 Å². The van der Waals surface area contributed by atoms with Crippen molar-refractivity contribution in [1.82, 2.24) is 14.9 Å². The smallest absolute Gasteiger partial charge is 0.238 e. The van der Waals surface area contributed by atoms with Gasteiger partial charge in [-0.2, -0.15) is 5.11 Å². The molecule has 0 aliphatic carbocycles. The molecule has 1 unspecified atom stereocenters. The zero-order chi connectivity index (χ0) is 32.5. The number of hydrogen-bond donors (Lipinski definition) is 5. The van der Waals surface area contributed by atoms with Gasteiger partial charge in [0.2, 0.25) is 5.91 Å².